The normalized spacial score (nSPS) is 21.5. The van der Waals surface area contributed by atoms with Gasteiger partial charge < -0.3 is 14.8 Å². The summed E-state index contributed by atoms with van der Waals surface area (Å²) in [5, 5.41) is 3.10. The van der Waals surface area contributed by atoms with Gasteiger partial charge in [0.1, 0.15) is 5.82 Å². The average molecular weight is 437 g/mol. The van der Waals surface area contributed by atoms with Gasteiger partial charge in [-0.25, -0.2) is 4.39 Å². The van der Waals surface area contributed by atoms with E-state index in [9.17, 15) is 30.7 Å². The van der Waals surface area contributed by atoms with Gasteiger partial charge in [-0.3, -0.25) is 0 Å². The van der Waals surface area contributed by atoms with Crippen LogP contribution in [0, 0.1) is 5.82 Å². The summed E-state index contributed by atoms with van der Waals surface area (Å²) in [6.07, 6.45) is -12.0. The molecule has 1 aliphatic heterocycles. The Morgan fingerprint density at radius 2 is 1.53 bits per heavy atom. The van der Waals surface area contributed by atoms with Crippen molar-refractivity contribution in [3.8, 4) is 0 Å². The van der Waals surface area contributed by atoms with E-state index in [2.05, 4.69) is 5.32 Å². The molecule has 1 fully saturated rings. The zero-order valence-corrected chi connectivity index (χ0v) is 15.6. The summed E-state index contributed by atoms with van der Waals surface area (Å²) in [5.41, 5.74) is -2.52. The minimum Gasteiger partial charge on any atom is -0.349 e. The van der Waals surface area contributed by atoms with Crippen molar-refractivity contribution in [2.75, 3.05) is 13.2 Å². The standard InChI is InChI=1S/C20H18F7NO2/c1-11(13-8-14(19(22,23)24)10-15(9-13)20(25,26)27)30-18-17(28-6-7-29-18)12-2-4-16(21)5-3-12/h2-5,8-11,17-18,28H,6-7H2,1H3/t11-,17-,18-/m0/s1. The van der Waals surface area contributed by atoms with Gasteiger partial charge >= 0.3 is 12.4 Å². The van der Waals surface area contributed by atoms with Crippen LogP contribution in [0.25, 0.3) is 0 Å². The molecule has 0 aliphatic carbocycles. The van der Waals surface area contributed by atoms with E-state index in [1.54, 1.807) is 0 Å². The topological polar surface area (TPSA) is 30.5 Å². The average Bonchev–Trinajstić information content (AvgIpc) is 2.67. The van der Waals surface area contributed by atoms with Gasteiger partial charge in [-0.2, -0.15) is 26.3 Å². The van der Waals surface area contributed by atoms with Crippen LogP contribution in [0.5, 0.6) is 0 Å². The highest BCUT2D eigenvalue weighted by atomic mass is 19.4. The van der Waals surface area contributed by atoms with Crippen LogP contribution in [-0.2, 0) is 21.8 Å². The maximum Gasteiger partial charge on any atom is 0.416 e. The van der Waals surface area contributed by atoms with Crippen molar-refractivity contribution < 1.29 is 40.2 Å². The van der Waals surface area contributed by atoms with Crippen molar-refractivity contribution in [2.45, 2.75) is 37.7 Å². The van der Waals surface area contributed by atoms with Gasteiger partial charge in [0.2, 0.25) is 0 Å². The third-order valence-electron chi connectivity index (χ3n) is 4.67. The van der Waals surface area contributed by atoms with E-state index in [0.717, 1.165) is 0 Å². The Balaban J connectivity index is 1.88. The van der Waals surface area contributed by atoms with Gasteiger partial charge in [0.15, 0.2) is 6.29 Å². The van der Waals surface area contributed by atoms with Crippen molar-refractivity contribution in [3.05, 3.63) is 70.5 Å². The highest BCUT2D eigenvalue weighted by molar-refractivity contribution is 5.34. The zero-order valence-electron chi connectivity index (χ0n) is 15.6. The fourth-order valence-corrected chi connectivity index (χ4v) is 3.14. The predicted molar refractivity (Wildman–Crippen MR) is 92.8 cm³/mol. The Morgan fingerprint density at radius 1 is 0.967 bits per heavy atom. The summed E-state index contributed by atoms with van der Waals surface area (Å²) in [6.45, 7) is 2.01. The van der Waals surface area contributed by atoms with E-state index < -0.39 is 47.7 Å². The summed E-state index contributed by atoms with van der Waals surface area (Å²) < 4.78 is 103. The molecule has 0 bridgehead atoms. The molecule has 1 saturated heterocycles. The molecule has 2 aromatic rings. The third-order valence-corrected chi connectivity index (χ3v) is 4.67. The molecule has 10 heteroatoms. The number of nitrogens with one attached hydrogen (secondary N) is 1. The minimum atomic E-state index is -4.95. The Labute approximate surface area is 167 Å². The molecule has 3 atom stereocenters. The summed E-state index contributed by atoms with van der Waals surface area (Å²) in [5.74, 6) is -0.454. The minimum absolute atomic E-state index is 0.0657. The van der Waals surface area contributed by atoms with E-state index in [1.807, 2.05) is 0 Å². The lowest BCUT2D eigenvalue weighted by Gasteiger charge is -2.34. The van der Waals surface area contributed by atoms with Crippen LogP contribution < -0.4 is 5.32 Å². The van der Waals surface area contributed by atoms with E-state index in [1.165, 1.54) is 31.2 Å². The highest BCUT2D eigenvalue weighted by Crippen LogP contribution is 2.38. The highest BCUT2D eigenvalue weighted by Gasteiger charge is 2.38. The monoisotopic (exact) mass is 437 g/mol. The molecule has 3 nitrogen and oxygen atoms in total. The maximum absolute atomic E-state index is 13.2. The fourth-order valence-electron chi connectivity index (χ4n) is 3.14. The summed E-state index contributed by atoms with van der Waals surface area (Å²) in [4.78, 5) is 0. The van der Waals surface area contributed by atoms with E-state index in [0.29, 0.717) is 24.2 Å². The molecule has 0 unspecified atom stereocenters. The second kappa shape index (κ2) is 8.52. The summed E-state index contributed by atoms with van der Waals surface area (Å²) in [7, 11) is 0. The van der Waals surface area contributed by atoms with Crippen LogP contribution in [0.1, 0.15) is 41.3 Å². The quantitative estimate of drug-likeness (QED) is 0.630. The summed E-state index contributed by atoms with van der Waals surface area (Å²) >= 11 is 0. The molecule has 0 spiro atoms. The molecule has 0 aromatic heterocycles. The number of ether oxygens (including phenoxy) is 2. The Morgan fingerprint density at radius 3 is 2.07 bits per heavy atom. The zero-order chi connectivity index (χ0) is 22.1. The molecule has 0 amide bonds. The van der Waals surface area contributed by atoms with Gasteiger partial charge in [-0.05, 0) is 48.4 Å². The number of rotatable bonds is 4. The van der Waals surface area contributed by atoms with Gasteiger partial charge in [0, 0.05) is 6.54 Å². The van der Waals surface area contributed by atoms with E-state index in [-0.39, 0.29) is 18.2 Å². The smallest absolute Gasteiger partial charge is 0.349 e. The van der Waals surface area contributed by atoms with Crippen molar-refractivity contribution in [1.82, 2.24) is 5.32 Å². The second-order valence-corrected chi connectivity index (χ2v) is 6.84. The van der Waals surface area contributed by atoms with Gasteiger partial charge in [-0.1, -0.05) is 12.1 Å². The molecular weight excluding hydrogens is 419 g/mol. The van der Waals surface area contributed by atoms with E-state index >= 15 is 0 Å². The predicted octanol–water partition coefficient (Wildman–Crippen LogP) is 5.63. The van der Waals surface area contributed by atoms with Crippen LogP contribution >= 0.6 is 0 Å². The second-order valence-electron chi connectivity index (χ2n) is 6.84. The molecule has 164 valence electrons. The molecule has 2 aromatic carbocycles. The SMILES string of the molecule is C[C@H](O[C@@H]1OCCN[C@H]1c1ccc(F)cc1)c1cc(C(F)(F)F)cc(C(F)(F)F)c1. The van der Waals surface area contributed by atoms with Crippen LogP contribution in [0.4, 0.5) is 30.7 Å². The molecule has 3 rings (SSSR count). The first-order valence-corrected chi connectivity index (χ1v) is 9.00. The molecule has 30 heavy (non-hydrogen) atoms. The molecule has 1 N–H and O–H groups in total. The van der Waals surface area contributed by atoms with E-state index in [4.69, 9.17) is 9.47 Å². The fraction of sp³-hybridized carbons (Fsp3) is 0.400. The Bertz CT molecular complexity index is 833. The van der Waals surface area contributed by atoms with Crippen molar-refractivity contribution in [3.63, 3.8) is 0 Å². The number of benzene rings is 2. The van der Waals surface area contributed by atoms with Crippen molar-refractivity contribution in [1.29, 1.82) is 0 Å². The van der Waals surface area contributed by atoms with Gasteiger partial charge in [-0.15, -0.1) is 0 Å². The number of alkyl halides is 6. The molecular formula is C20H18F7NO2. The maximum atomic E-state index is 13.2. The summed E-state index contributed by atoms with van der Waals surface area (Å²) in [6, 6.07) is 6.20. The number of morpholine rings is 1. The number of hydrogen-bond acceptors (Lipinski definition) is 3. The van der Waals surface area contributed by atoms with Crippen LogP contribution in [0.2, 0.25) is 0 Å². The number of halogens is 7. The first-order chi connectivity index (χ1) is 13.9. The Hall–Kier alpha value is -2.17. The number of hydrogen-bond donors (Lipinski definition) is 1. The van der Waals surface area contributed by atoms with Crippen molar-refractivity contribution >= 4 is 0 Å². The third kappa shape index (κ3) is 5.30. The first kappa shape index (κ1) is 22.5. The van der Waals surface area contributed by atoms with Gasteiger partial charge in [0.05, 0.1) is 29.9 Å². The van der Waals surface area contributed by atoms with Crippen LogP contribution in [0.15, 0.2) is 42.5 Å². The largest absolute Gasteiger partial charge is 0.416 e. The Kier molecular flexibility index (Phi) is 6.40. The van der Waals surface area contributed by atoms with Gasteiger partial charge in [0.25, 0.3) is 0 Å². The van der Waals surface area contributed by atoms with Crippen molar-refractivity contribution in [2.24, 2.45) is 0 Å². The lowest BCUT2D eigenvalue weighted by atomic mass is 10.0. The lowest BCUT2D eigenvalue weighted by molar-refractivity contribution is -0.200. The van der Waals surface area contributed by atoms with Crippen LogP contribution in [-0.4, -0.2) is 19.4 Å². The molecule has 0 saturated carbocycles. The molecule has 0 radical (unpaired) electrons. The van der Waals surface area contributed by atoms with Crippen LogP contribution in [0.3, 0.4) is 0 Å². The molecule has 1 aliphatic rings. The molecule has 1 heterocycles. The lowest BCUT2D eigenvalue weighted by Crippen LogP contribution is -2.43. The first-order valence-electron chi connectivity index (χ1n) is 9.00.